The first-order chi connectivity index (χ1) is 8.16. The zero-order valence-corrected chi connectivity index (χ0v) is 9.87. The number of urea groups is 1. The fraction of sp³-hybridized carbons (Fsp3) is 0.462. The second-order valence-electron chi connectivity index (χ2n) is 4.54. The minimum atomic E-state index is -0.324. The lowest BCUT2D eigenvalue weighted by Gasteiger charge is -2.15. The van der Waals surface area contributed by atoms with E-state index in [0.717, 1.165) is 6.54 Å². The number of carbonyl (C=O) groups excluding carboxylic acids is 1. The summed E-state index contributed by atoms with van der Waals surface area (Å²) in [4.78, 5) is 11.5. The molecule has 0 aliphatic heterocycles. The first kappa shape index (κ1) is 11.9. The molecule has 0 bridgehead atoms. The van der Waals surface area contributed by atoms with Crippen LogP contribution in [-0.4, -0.2) is 12.6 Å². The van der Waals surface area contributed by atoms with Crippen LogP contribution in [0.1, 0.15) is 31.4 Å². The van der Waals surface area contributed by atoms with Crippen LogP contribution in [0.15, 0.2) is 24.3 Å². The van der Waals surface area contributed by atoms with Crippen molar-refractivity contribution in [3.8, 4) is 0 Å². The van der Waals surface area contributed by atoms with Gasteiger partial charge in [0.1, 0.15) is 5.82 Å². The molecule has 2 rings (SSSR count). The molecule has 1 aliphatic carbocycles. The number of nitrogens with one attached hydrogen (secondary N) is 2. The van der Waals surface area contributed by atoms with Gasteiger partial charge in [0.05, 0.1) is 6.04 Å². The van der Waals surface area contributed by atoms with E-state index in [1.54, 1.807) is 25.1 Å². The molecule has 2 N–H and O–H groups in total. The summed E-state index contributed by atoms with van der Waals surface area (Å²) in [5.41, 5.74) is 0.508. The number of rotatable bonds is 4. The SMILES string of the molecule is CC(NC(=O)NCC1CC1)c1ccccc1F. The maximum Gasteiger partial charge on any atom is 0.315 e. The quantitative estimate of drug-likeness (QED) is 0.829. The van der Waals surface area contributed by atoms with Crippen LogP contribution in [0.2, 0.25) is 0 Å². The van der Waals surface area contributed by atoms with E-state index in [1.165, 1.54) is 18.9 Å². The Kier molecular flexibility index (Phi) is 3.61. The molecule has 1 atom stereocenters. The summed E-state index contributed by atoms with van der Waals surface area (Å²) in [5.74, 6) is 0.354. The van der Waals surface area contributed by atoms with Gasteiger partial charge in [-0.2, -0.15) is 0 Å². The van der Waals surface area contributed by atoms with Crippen LogP contribution < -0.4 is 10.6 Å². The van der Waals surface area contributed by atoms with E-state index in [4.69, 9.17) is 0 Å². The Morgan fingerprint density at radius 1 is 1.47 bits per heavy atom. The van der Waals surface area contributed by atoms with Gasteiger partial charge in [-0.25, -0.2) is 9.18 Å². The number of hydrogen-bond acceptors (Lipinski definition) is 1. The predicted octanol–water partition coefficient (Wildman–Crippen LogP) is 2.60. The summed E-state index contributed by atoms with van der Waals surface area (Å²) in [6.07, 6.45) is 2.40. The van der Waals surface area contributed by atoms with Crippen LogP contribution in [0.3, 0.4) is 0 Å². The van der Waals surface area contributed by atoms with Crippen molar-refractivity contribution in [2.45, 2.75) is 25.8 Å². The monoisotopic (exact) mass is 236 g/mol. The van der Waals surface area contributed by atoms with Gasteiger partial charge in [-0.05, 0) is 31.7 Å². The molecule has 0 saturated heterocycles. The van der Waals surface area contributed by atoms with Crippen LogP contribution in [0.25, 0.3) is 0 Å². The van der Waals surface area contributed by atoms with E-state index in [2.05, 4.69) is 10.6 Å². The van der Waals surface area contributed by atoms with E-state index < -0.39 is 0 Å². The number of amides is 2. The lowest BCUT2D eigenvalue weighted by atomic mass is 10.1. The minimum Gasteiger partial charge on any atom is -0.338 e. The van der Waals surface area contributed by atoms with Crippen LogP contribution in [0.5, 0.6) is 0 Å². The van der Waals surface area contributed by atoms with E-state index in [-0.39, 0.29) is 17.9 Å². The van der Waals surface area contributed by atoms with Crippen molar-refractivity contribution < 1.29 is 9.18 Å². The third kappa shape index (κ3) is 3.44. The molecule has 1 aromatic rings. The number of hydrogen-bond donors (Lipinski definition) is 2. The van der Waals surface area contributed by atoms with Gasteiger partial charge in [0, 0.05) is 12.1 Å². The molecular formula is C13H17FN2O. The summed E-state index contributed by atoms with van der Waals surface area (Å²) in [6, 6.07) is 5.93. The highest BCUT2D eigenvalue weighted by Crippen LogP contribution is 2.27. The highest BCUT2D eigenvalue weighted by molar-refractivity contribution is 5.74. The number of halogens is 1. The second-order valence-corrected chi connectivity index (χ2v) is 4.54. The molecule has 1 fully saturated rings. The third-order valence-corrected chi connectivity index (χ3v) is 2.97. The van der Waals surface area contributed by atoms with Gasteiger partial charge in [-0.15, -0.1) is 0 Å². The van der Waals surface area contributed by atoms with Crippen molar-refractivity contribution in [1.29, 1.82) is 0 Å². The molecule has 0 aromatic heterocycles. The van der Waals surface area contributed by atoms with Gasteiger partial charge in [-0.3, -0.25) is 0 Å². The smallest absolute Gasteiger partial charge is 0.315 e. The molecule has 1 saturated carbocycles. The van der Waals surface area contributed by atoms with Crippen LogP contribution in [0, 0.1) is 11.7 Å². The molecule has 0 heterocycles. The van der Waals surface area contributed by atoms with Gasteiger partial charge in [-0.1, -0.05) is 18.2 Å². The first-order valence-electron chi connectivity index (χ1n) is 5.95. The lowest BCUT2D eigenvalue weighted by Crippen LogP contribution is -2.38. The average Bonchev–Trinajstić information content (AvgIpc) is 3.10. The summed E-state index contributed by atoms with van der Waals surface area (Å²) in [7, 11) is 0. The van der Waals surface area contributed by atoms with Crippen LogP contribution in [0.4, 0.5) is 9.18 Å². The van der Waals surface area contributed by atoms with E-state index in [0.29, 0.717) is 11.5 Å². The van der Waals surface area contributed by atoms with Crippen molar-refractivity contribution in [1.82, 2.24) is 10.6 Å². The molecule has 1 aliphatic rings. The molecule has 17 heavy (non-hydrogen) atoms. The van der Waals surface area contributed by atoms with Crippen LogP contribution >= 0.6 is 0 Å². The number of carbonyl (C=O) groups is 1. The lowest BCUT2D eigenvalue weighted by molar-refractivity contribution is 0.237. The molecule has 1 aromatic carbocycles. The van der Waals surface area contributed by atoms with Gasteiger partial charge in [0.25, 0.3) is 0 Å². The highest BCUT2D eigenvalue weighted by Gasteiger charge is 2.22. The Labute approximate surface area is 100 Å². The Balaban J connectivity index is 1.85. The van der Waals surface area contributed by atoms with Crippen LogP contribution in [-0.2, 0) is 0 Å². The Morgan fingerprint density at radius 3 is 2.82 bits per heavy atom. The summed E-state index contributed by atoms with van der Waals surface area (Å²) in [5, 5.41) is 5.52. The Bertz CT molecular complexity index is 404. The van der Waals surface area contributed by atoms with Gasteiger partial charge in [0.2, 0.25) is 0 Å². The molecule has 4 heteroatoms. The van der Waals surface area contributed by atoms with Crippen molar-refractivity contribution >= 4 is 6.03 Å². The van der Waals surface area contributed by atoms with Gasteiger partial charge >= 0.3 is 6.03 Å². The van der Waals surface area contributed by atoms with E-state index in [1.807, 2.05) is 0 Å². The minimum absolute atomic E-state index is 0.229. The molecular weight excluding hydrogens is 219 g/mol. The van der Waals surface area contributed by atoms with Crippen molar-refractivity contribution in [3.05, 3.63) is 35.6 Å². The predicted molar refractivity (Wildman–Crippen MR) is 64.1 cm³/mol. The largest absolute Gasteiger partial charge is 0.338 e. The average molecular weight is 236 g/mol. The standard InChI is InChI=1S/C13H17FN2O/c1-9(11-4-2-3-5-12(11)14)16-13(17)15-8-10-6-7-10/h2-5,9-10H,6-8H2,1H3,(H2,15,16,17). The molecule has 2 amide bonds. The molecule has 0 spiro atoms. The molecule has 1 unspecified atom stereocenters. The summed E-state index contributed by atoms with van der Waals surface area (Å²) in [6.45, 7) is 2.49. The Morgan fingerprint density at radius 2 is 2.18 bits per heavy atom. The van der Waals surface area contributed by atoms with E-state index >= 15 is 0 Å². The molecule has 0 radical (unpaired) electrons. The summed E-state index contributed by atoms with van der Waals surface area (Å²) >= 11 is 0. The zero-order chi connectivity index (χ0) is 12.3. The fourth-order valence-corrected chi connectivity index (χ4v) is 1.71. The van der Waals surface area contributed by atoms with Crippen molar-refractivity contribution in [2.24, 2.45) is 5.92 Å². The highest BCUT2D eigenvalue weighted by atomic mass is 19.1. The zero-order valence-electron chi connectivity index (χ0n) is 9.87. The van der Waals surface area contributed by atoms with Gasteiger partial charge < -0.3 is 10.6 Å². The fourth-order valence-electron chi connectivity index (χ4n) is 1.71. The normalized spacial score (nSPS) is 16.4. The van der Waals surface area contributed by atoms with Gasteiger partial charge in [0.15, 0.2) is 0 Å². The molecule has 3 nitrogen and oxygen atoms in total. The first-order valence-corrected chi connectivity index (χ1v) is 5.95. The maximum absolute atomic E-state index is 13.4. The second kappa shape index (κ2) is 5.17. The van der Waals surface area contributed by atoms with E-state index in [9.17, 15) is 9.18 Å². The maximum atomic E-state index is 13.4. The molecule has 92 valence electrons. The summed E-state index contributed by atoms with van der Waals surface area (Å²) < 4.78 is 13.4. The number of benzene rings is 1. The van der Waals surface area contributed by atoms with Crippen molar-refractivity contribution in [2.75, 3.05) is 6.54 Å². The topological polar surface area (TPSA) is 41.1 Å². The third-order valence-electron chi connectivity index (χ3n) is 2.97. The Hall–Kier alpha value is -1.58. The van der Waals surface area contributed by atoms with Crippen molar-refractivity contribution in [3.63, 3.8) is 0 Å².